The van der Waals surface area contributed by atoms with E-state index in [-0.39, 0.29) is 30.2 Å². The molecule has 0 aliphatic heterocycles. The molecule has 14 heteroatoms. The van der Waals surface area contributed by atoms with E-state index in [9.17, 15) is 30.8 Å². The van der Waals surface area contributed by atoms with Gasteiger partial charge in [-0.2, -0.15) is 18.3 Å². The zero-order chi connectivity index (χ0) is 25.8. The number of amides is 2. The average Bonchev–Trinajstić information content (AvgIpc) is 3.21. The van der Waals surface area contributed by atoms with Crippen LogP contribution in [0.3, 0.4) is 0 Å². The Balaban J connectivity index is 1.73. The Morgan fingerprint density at radius 2 is 1.86 bits per heavy atom. The number of aromatic nitrogens is 2. The zero-order valence-electron chi connectivity index (χ0n) is 18.5. The second kappa shape index (κ2) is 10.3. The lowest BCUT2D eigenvalue weighted by Crippen LogP contribution is -2.29. The van der Waals surface area contributed by atoms with Gasteiger partial charge < -0.3 is 15.4 Å². The normalized spacial score (nSPS) is 11.8. The molecule has 1 heterocycles. The summed E-state index contributed by atoms with van der Waals surface area (Å²) in [6.07, 6.45) is -3.72. The van der Waals surface area contributed by atoms with Gasteiger partial charge in [0.2, 0.25) is 10.0 Å². The number of sulfonamides is 1. The SMILES string of the molecule is COc1cc(NC(=O)NCc2cc(C(F)(F)F)nn2-c2cccc(F)c2)ccc1CNS(C)(=O)=O. The van der Waals surface area contributed by atoms with Crippen molar-refractivity contribution in [2.24, 2.45) is 0 Å². The molecule has 0 bridgehead atoms. The molecule has 1 aromatic heterocycles. The number of halogens is 4. The summed E-state index contributed by atoms with van der Waals surface area (Å²) < 4.78 is 84.2. The summed E-state index contributed by atoms with van der Waals surface area (Å²) in [5.74, 6) is -0.356. The summed E-state index contributed by atoms with van der Waals surface area (Å²) in [4.78, 5) is 12.4. The van der Waals surface area contributed by atoms with Gasteiger partial charge in [0.05, 0.1) is 31.3 Å². The molecule has 9 nitrogen and oxygen atoms in total. The lowest BCUT2D eigenvalue weighted by Gasteiger charge is -2.13. The number of hydrogen-bond acceptors (Lipinski definition) is 5. The number of anilines is 1. The summed E-state index contributed by atoms with van der Waals surface area (Å²) in [6, 6.07) is 9.38. The fraction of sp³-hybridized carbons (Fsp3) is 0.238. The molecule has 2 aromatic carbocycles. The quantitative estimate of drug-likeness (QED) is 0.398. The monoisotopic (exact) mass is 515 g/mol. The molecule has 0 spiro atoms. The summed E-state index contributed by atoms with van der Waals surface area (Å²) in [7, 11) is -2.06. The number of methoxy groups -OCH3 is 1. The third-order valence-corrected chi connectivity index (χ3v) is 5.29. The fourth-order valence-corrected chi connectivity index (χ4v) is 3.46. The minimum atomic E-state index is -4.74. The van der Waals surface area contributed by atoms with E-state index in [1.54, 1.807) is 6.07 Å². The van der Waals surface area contributed by atoms with E-state index in [0.717, 1.165) is 29.1 Å². The van der Waals surface area contributed by atoms with Gasteiger partial charge in [-0.3, -0.25) is 0 Å². The van der Waals surface area contributed by atoms with Crippen molar-refractivity contribution in [3.8, 4) is 11.4 Å². The Kier molecular flexibility index (Phi) is 7.65. The summed E-state index contributed by atoms with van der Waals surface area (Å²) in [5.41, 5.74) is -0.361. The molecule has 0 saturated carbocycles. The summed E-state index contributed by atoms with van der Waals surface area (Å²) in [5, 5.41) is 8.45. The standard InChI is InChI=1S/C21H21F4N5O4S/c1-34-18-9-15(7-6-13(18)11-27-35(2,32)33)28-20(31)26-12-17-10-19(21(23,24)25)29-30(17)16-5-3-4-14(22)8-16/h3-10,27H,11-12H2,1-2H3,(H2,26,28,31). The number of rotatable bonds is 8. The highest BCUT2D eigenvalue weighted by Crippen LogP contribution is 2.30. The zero-order valence-corrected chi connectivity index (χ0v) is 19.3. The average molecular weight is 515 g/mol. The van der Waals surface area contributed by atoms with Gasteiger partial charge in [0, 0.05) is 23.9 Å². The summed E-state index contributed by atoms with van der Waals surface area (Å²) in [6.45, 7) is -0.376. The minimum absolute atomic E-state index is 0.0277. The predicted molar refractivity (Wildman–Crippen MR) is 119 cm³/mol. The van der Waals surface area contributed by atoms with Gasteiger partial charge in [-0.15, -0.1) is 0 Å². The van der Waals surface area contributed by atoms with Gasteiger partial charge >= 0.3 is 12.2 Å². The molecule has 188 valence electrons. The van der Waals surface area contributed by atoms with Gasteiger partial charge in [-0.1, -0.05) is 12.1 Å². The third kappa shape index (κ3) is 7.16. The third-order valence-electron chi connectivity index (χ3n) is 4.63. The van der Waals surface area contributed by atoms with Crippen LogP contribution in [0.5, 0.6) is 5.75 Å². The van der Waals surface area contributed by atoms with Crippen LogP contribution in [0.2, 0.25) is 0 Å². The minimum Gasteiger partial charge on any atom is -0.496 e. The Labute approximate surface area is 198 Å². The number of carbonyl (C=O) groups is 1. The molecule has 0 aliphatic rings. The van der Waals surface area contributed by atoms with Crippen LogP contribution in [0.1, 0.15) is 17.0 Å². The van der Waals surface area contributed by atoms with Crippen molar-refractivity contribution in [2.45, 2.75) is 19.3 Å². The number of alkyl halides is 3. The Bertz CT molecular complexity index is 1330. The Morgan fingerprint density at radius 3 is 2.49 bits per heavy atom. The van der Waals surface area contributed by atoms with E-state index in [2.05, 4.69) is 20.5 Å². The fourth-order valence-electron chi connectivity index (χ4n) is 3.04. The molecule has 0 aliphatic carbocycles. The van der Waals surface area contributed by atoms with Crippen LogP contribution < -0.4 is 20.1 Å². The lowest BCUT2D eigenvalue weighted by molar-refractivity contribution is -0.141. The molecule has 3 N–H and O–H groups in total. The first kappa shape index (κ1) is 26.0. The van der Waals surface area contributed by atoms with Gasteiger partial charge in [-0.25, -0.2) is 27.0 Å². The molecule has 3 aromatic rings. The van der Waals surface area contributed by atoms with E-state index in [1.807, 2.05) is 0 Å². The van der Waals surface area contributed by atoms with E-state index in [0.29, 0.717) is 11.3 Å². The van der Waals surface area contributed by atoms with Crippen LogP contribution in [0.25, 0.3) is 5.69 Å². The molecule has 0 saturated heterocycles. The lowest BCUT2D eigenvalue weighted by atomic mass is 10.2. The Morgan fingerprint density at radius 1 is 1.11 bits per heavy atom. The van der Waals surface area contributed by atoms with Crippen LogP contribution >= 0.6 is 0 Å². The van der Waals surface area contributed by atoms with Crippen LogP contribution in [0, 0.1) is 5.82 Å². The van der Waals surface area contributed by atoms with Crippen molar-refractivity contribution in [1.82, 2.24) is 19.8 Å². The number of nitrogens with zero attached hydrogens (tertiary/aromatic N) is 2. The molecular formula is C21H21F4N5O4S. The number of carbonyl (C=O) groups excluding carboxylic acids is 1. The maximum Gasteiger partial charge on any atom is 0.435 e. The van der Waals surface area contributed by atoms with Crippen molar-refractivity contribution in [3.05, 3.63) is 71.3 Å². The van der Waals surface area contributed by atoms with E-state index >= 15 is 0 Å². The highest BCUT2D eigenvalue weighted by Gasteiger charge is 2.35. The van der Waals surface area contributed by atoms with Crippen molar-refractivity contribution >= 4 is 21.7 Å². The van der Waals surface area contributed by atoms with Crippen molar-refractivity contribution in [1.29, 1.82) is 0 Å². The van der Waals surface area contributed by atoms with Crippen molar-refractivity contribution < 1.29 is 35.5 Å². The largest absolute Gasteiger partial charge is 0.496 e. The van der Waals surface area contributed by atoms with Crippen LogP contribution in [0.4, 0.5) is 28.0 Å². The second-order valence-corrected chi connectivity index (χ2v) is 9.17. The van der Waals surface area contributed by atoms with Crippen LogP contribution in [-0.4, -0.2) is 37.6 Å². The molecule has 0 fully saturated rings. The van der Waals surface area contributed by atoms with E-state index in [4.69, 9.17) is 4.74 Å². The first-order valence-electron chi connectivity index (χ1n) is 9.94. The van der Waals surface area contributed by atoms with Crippen molar-refractivity contribution in [3.63, 3.8) is 0 Å². The van der Waals surface area contributed by atoms with E-state index in [1.165, 1.54) is 31.4 Å². The molecule has 0 atom stereocenters. The van der Waals surface area contributed by atoms with E-state index < -0.39 is 33.7 Å². The first-order chi connectivity index (χ1) is 16.4. The molecule has 0 unspecified atom stereocenters. The van der Waals surface area contributed by atoms with Gasteiger partial charge in [0.1, 0.15) is 11.6 Å². The maximum absolute atomic E-state index is 13.6. The highest BCUT2D eigenvalue weighted by atomic mass is 32.2. The highest BCUT2D eigenvalue weighted by molar-refractivity contribution is 7.88. The van der Waals surface area contributed by atoms with Gasteiger partial charge in [0.15, 0.2) is 5.69 Å². The summed E-state index contributed by atoms with van der Waals surface area (Å²) >= 11 is 0. The van der Waals surface area contributed by atoms with Crippen LogP contribution in [0.15, 0.2) is 48.5 Å². The second-order valence-electron chi connectivity index (χ2n) is 7.34. The number of ether oxygens (including phenoxy) is 1. The molecule has 35 heavy (non-hydrogen) atoms. The smallest absolute Gasteiger partial charge is 0.435 e. The molecule has 3 rings (SSSR count). The first-order valence-corrected chi connectivity index (χ1v) is 11.8. The van der Waals surface area contributed by atoms with Crippen LogP contribution in [-0.2, 0) is 29.3 Å². The molecule has 0 radical (unpaired) electrons. The van der Waals surface area contributed by atoms with Gasteiger partial charge in [-0.05, 0) is 30.3 Å². The predicted octanol–water partition coefficient (Wildman–Crippen LogP) is 3.41. The van der Waals surface area contributed by atoms with Gasteiger partial charge in [0.25, 0.3) is 0 Å². The topological polar surface area (TPSA) is 114 Å². The number of nitrogens with one attached hydrogen (secondary N) is 3. The Hall–Kier alpha value is -3.65. The molecular weight excluding hydrogens is 494 g/mol. The number of urea groups is 1. The van der Waals surface area contributed by atoms with Crippen molar-refractivity contribution in [2.75, 3.05) is 18.7 Å². The maximum atomic E-state index is 13.6. The molecule has 2 amide bonds. The number of hydrogen-bond donors (Lipinski definition) is 3. The number of benzene rings is 2.